The lowest BCUT2D eigenvalue weighted by atomic mass is 9.62. The molecule has 2 bridgehead atoms. The minimum atomic E-state index is -0.127. The summed E-state index contributed by atoms with van der Waals surface area (Å²) in [6.07, 6.45) is 8.45. The van der Waals surface area contributed by atoms with Gasteiger partial charge in [-0.15, -0.1) is 0 Å². The van der Waals surface area contributed by atoms with E-state index in [1.54, 1.807) is 0 Å². The third kappa shape index (κ3) is 1.46. The maximum absolute atomic E-state index is 10.3. The van der Waals surface area contributed by atoms with Crippen LogP contribution in [0, 0.1) is 11.8 Å². The van der Waals surface area contributed by atoms with Gasteiger partial charge in [0.25, 0.3) is 0 Å². The van der Waals surface area contributed by atoms with Crippen LogP contribution in [0.15, 0.2) is 0 Å². The molecule has 2 heterocycles. The zero-order valence-corrected chi connectivity index (χ0v) is 10.5. The lowest BCUT2D eigenvalue weighted by molar-refractivity contribution is -0.287. The van der Waals surface area contributed by atoms with Gasteiger partial charge in [0, 0.05) is 12.3 Å². The Kier molecular flexibility index (Phi) is 2.38. The van der Waals surface area contributed by atoms with Crippen molar-refractivity contribution in [3.05, 3.63) is 0 Å². The molecule has 2 saturated heterocycles. The van der Waals surface area contributed by atoms with Crippen LogP contribution in [0.25, 0.3) is 0 Å². The number of hydrogen-bond donors (Lipinski definition) is 1. The van der Waals surface area contributed by atoms with Crippen molar-refractivity contribution >= 4 is 0 Å². The Bertz CT molecular complexity index is 280. The molecule has 4 aliphatic rings. The molecule has 92 valence electrons. The van der Waals surface area contributed by atoms with E-state index < -0.39 is 0 Å². The molecule has 4 fully saturated rings. The van der Waals surface area contributed by atoms with E-state index in [2.05, 4.69) is 13.8 Å². The highest BCUT2D eigenvalue weighted by molar-refractivity contribution is 5.07. The second-order valence-electron chi connectivity index (χ2n) is 6.67. The highest BCUT2D eigenvalue weighted by Gasteiger charge is 2.57. The SMILES string of the molecule is CC1(C)O[C@@]2(C3CCCC3)CC[C@@H]1[C@H](O)C2. The average Bonchev–Trinajstić information content (AvgIpc) is 2.68. The molecule has 2 heteroatoms. The summed E-state index contributed by atoms with van der Waals surface area (Å²) >= 11 is 0. The van der Waals surface area contributed by atoms with Gasteiger partial charge in [0.1, 0.15) is 0 Å². The molecular weight excluding hydrogens is 200 g/mol. The van der Waals surface area contributed by atoms with Gasteiger partial charge in [0.15, 0.2) is 0 Å². The third-order valence-electron chi connectivity index (χ3n) is 5.36. The highest BCUT2D eigenvalue weighted by atomic mass is 16.5. The van der Waals surface area contributed by atoms with E-state index in [4.69, 9.17) is 4.74 Å². The van der Waals surface area contributed by atoms with Gasteiger partial charge >= 0.3 is 0 Å². The standard InChI is InChI=1S/C14H24O2/c1-13(2)11-7-8-14(16-13,9-12(11)15)10-5-3-4-6-10/h10-12,15H,3-9H2,1-2H3/t11-,12-,14+/m1/s1. The van der Waals surface area contributed by atoms with Crippen LogP contribution in [0.4, 0.5) is 0 Å². The fourth-order valence-electron chi connectivity index (χ4n) is 4.60. The fourth-order valence-corrected chi connectivity index (χ4v) is 4.60. The van der Waals surface area contributed by atoms with Crippen LogP contribution in [0.3, 0.4) is 0 Å². The van der Waals surface area contributed by atoms with Crippen LogP contribution in [-0.4, -0.2) is 22.4 Å². The Morgan fingerprint density at radius 3 is 2.38 bits per heavy atom. The van der Waals surface area contributed by atoms with Crippen molar-refractivity contribution in [3.63, 3.8) is 0 Å². The number of ether oxygens (including phenoxy) is 1. The Balaban J connectivity index is 1.89. The van der Waals surface area contributed by atoms with E-state index in [1.165, 1.54) is 32.1 Å². The van der Waals surface area contributed by atoms with Gasteiger partial charge in [-0.3, -0.25) is 0 Å². The second-order valence-corrected chi connectivity index (χ2v) is 6.67. The molecule has 0 radical (unpaired) electrons. The Morgan fingerprint density at radius 2 is 1.81 bits per heavy atom. The first-order chi connectivity index (χ1) is 7.54. The van der Waals surface area contributed by atoms with Crippen LogP contribution in [0.1, 0.15) is 58.8 Å². The summed E-state index contributed by atoms with van der Waals surface area (Å²) in [6.45, 7) is 4.34. The molecule has 0 aromatic rings. The van der Waals surface area contributed by atoms with E-state index >= 15 is 0 Å². The third-order valence-corrected chi connectivity index (χ3v) is 5.36. The molecule has 0 unspecified atom stereocenters. The normalized spacial score (nSPS) is 47.4. The molecular formula is C14H24O2. The van der Waals surface area contributed by atoms with Gasteiger partial charge in [-0.2, -0.15) is 0 Å². The first-order valence-corrected chi connectivity index (χ1v) is 6.92. The van der Waals surface area contributed by atoms with Gasteiger partial charge in [0.2, 0.25) is 0 Å². The lowest BCUT2D eigenvalue weighted by Crippen LogP contribution is -2.63. The number of aliphatic hydroxyl groups is 1. The summed E-state index contributed by atoms with van der Waals surface area (Å²) in [6, 6.07) is 0. The predicted molar refractivity (Wildman–Crippen MR) is 63.2 cm³/mol. The Morgan fingerprint density at radius 1 is 1.12 bits per heavy atom. The van der Waals surface area contributed by atoms with Crippen molar-refractivity contribution in [1.29, 1.82) is 0 Å². The Labute approximate surface area is 98.4 Å². The van der Waals surface area contributed by atoms with Crippen LogP contribution in [-0.2, 0) is 4.74 Å². The maximum Gasteiger partial charge on any atom is 0.0742 e. The van der Waals surface area contributed by atoms with Crippen LogP contribution in [0.2, 0.25) is 0 Å². The lowest BCUT2D eigenvalue weighted by Gasteiger charge is -2.59. The summed E-state index contributed by atoms with van der Waals surface area (Å²) in [5, 5.41) is 10.3. The first-order valence-electron chi connectivity index (χ1n) is 6.92. The van der Waals surface area contributed by atoms with Crippen molar-refractivity contribution in [3.8, 4) is 0 Å². The van der Waals surface area contributed by atoms with Crippen LogP contribution in [0.5, 0.6) is 0 Å². The van der Waals surface area contributed by atoms with Crippen molar-refractivity contribution in [1.82, 2.24) is 0 Å². The molecule has 2 saturated carbocycles. The summed E-state index contributed by atoms with van der Waals surface area (Å²) in [4.78, 5) is 0. The van der Waals surface area contributed by atoms with Crippen molar-refractivity contribution < 1.29 is 9.84 Å². The number of hydrogen-bond acceptors (Lipinski definition) is 2. The summed E-state index contributed by atoms with van der Waals surface area (Å²) in [7, 11) is 0. The van der Waals surface area contributed by atoms with E-state index in [-0.39, 0.29) is 17.3 Å². The Hall–Kier alpha value is -0.0800. The molecule has 0 amide bonds. The van der Waals surface area contributed by atoms with E-state index in [0.29, 0.717) is 11.8 Å². The average molecular weight is 224 g/mol. The van der Waals surface area contributed by atoms with Crippen molar-refractivity contribution in [2.45, 2.75) is 76.1 Å². The fraction of sp³-hybridized carbons (Fsp3) is 1.00. The quantitative estimate of drug-likeness (QED) is 0.742. The van der Waals surface area contributed by atoms with E-state index in [1.807, 2.05) is 0 Å². The van der Waals surface area contributed by atoms with E-state index in [9.17, 15) is 5.11 Å². The molecule has 1 N–H and O–H groups in total. The molecule has 16 heavy (non-hydrogen) atoms. The van der Waals surface area contributed by atoms with Gasteiger partial charge in [0.05, 0.1) is 17.3 Å². The largest absolute Gasteiger partial charge is 0.393 e. The van der Waals surface area contributed by atoms with Crippen LogP contribution >= 0.6 is 0 Å². The van der Waals surface area contributed by atoms with Gasteiger partial charge < -0.3 is 9.84 Å². The topological polar surface area (TPSA) is 29.5 Å². The van der Waals surface area contributed by atoms with Gasteiger partial charge in [-0.25, -0.2) is 0 Å². The van der Waals surface area contributed by atoms with Crippen molar-refractivity contribution in [2.75, 3.05) is 0 Å². The number of aliphatic hydroxyl groups excluding tert-OH is 1. The molecule has 0 spiro atoms. The van der Waals surface area contributed by atoms with Crippen molar-refractivity contribution in [2.24, 2.45) is 11.8 Å². The second kappa shape index (κ2) is 3.46. The van der Waals surface area contributed by atoms with E-state index in [0.717, 1.165) is 12.8 Å². The minimum absolute atomic E-state index is 0.0220. The zero-order chi connectivity index (χ0) is 11.4. The number of fused-ring (bicyclic) bond motifs is 3. The molecule has 3 atom stereocenters. The first kappa shape index (κ1) is 11.0. The molecule has 4 rings (SSSR count). The molecule has 2 aliphatic heterocycles. The highest BCUT2D eigenvalue weighted by Crippen LogP contribution is 2.55. The monoisotopic (exact) mass is 224 g/mol. The minimum Gasteiger partial charge on any atom is -0.393 e. The molecule has 0 aromatic carbocycles. The molecule has 2 nitrogen and oxygen atoms in total. The summed E-state index contributed by atoms with van der Waals surface area (Å²) in [5.74, 6) is 1.07. The smallest absolute Gasteiger partial charge is 0.0742 e. The van der Waals surface area contributed by atoms with Gasteiger partial charge in [-0.05, 0) is 45.4 Å². The number of rotatable bonds is 1. The zero-order valence-electron chi connectivity index (χ0n) is 10.5. The molecule has 2 aliphatic carbocycles. The predicted octanol–water partition coefficient (Wildman–Crippen LogP) is 2.89. The van der Waals surface area contributed by atoms with Crippen LogP contribution < -0.4 is 0 Å². The summed E-state index contributed by atoms with van der Waals surface area (Å²) < 4.78 is 6.45. The maximum atomic E-state index is 10.3. The van der Waals surface area contributed by atoms with Gasteiger partial charge in [-0.1, -0.05) is 12.8 Å². The molecule has 0 aromatic heterocycles. The summed E-state index contributed by atoms with van der Waals surface area (Å²) in [5.41, 5.74) is -0.0906.